The average molecular weight is 145 g/mol. The fourth-order valence-corrected chi connectivity index (χ4v) is 1.32. The fourth-order valence-electron chi connectivity index (χ4n) is 1.32. The molecule has 2 N–H and O–H groups in total. The molecule has 0 aromatic carbocycles. The van der Waals surface area contributed by atoms with Crippen molar-refractivity contribution in [1.82, 2.24) is 4.90 Å². The Morgan fingerprint density at radius 3 is 2.70 bits per heavy atom. The van der Waals surface area contributed by atoms with E-state index in [2.05, 4.69) is 0 Å². The molecule has 0 amide bonds. The molecule has 1 aliphatic heterocycles. The molecular weight excluding hydrogens is 130 g/mol. The van der Waals surface area contributed by atoms with E-state index in [0.29, 0.717) is 6.54 Å². The molecule has 3 heteroatoms. The summed E-state index contributed by atoms with van der Waals surface area (Å²) in [5.74, 6) is 0. The van der Waals surface area contributed by atoms with Crippen molar-refractivity contribution >= 4 is 0 Å². The van der Waals surface area contributed by atoms with E-state index < -0.39 is 6.23 Å². The number of hydrogen-bond acceptors (Lipinski definition) is 3. The fraction of sp³-hybridized carbons (Fsp3) is 1.00. The normalized spacial score (nSPS) is 32.1. The van der Waals surface area contributed by atoms with Gasteiger partial charge in [-0.1, -0.05) is 0 Å². The van der Waals surface area contributed by atoms with Gasteiger partial charge in [0.25, 0.3) is 0 Å². The van der Waals surface area contributed by atoms with Gasteiger partial charge in [-0.15, -0.1) is 0 Å². The minimum absolute atomic E-state index is 0.233. The van der Waals surface area contributed by atoms with Crippen LogP contribution in [-0.2, 0) is 0 Å². The molecule has 0 bridgehead atoms. The summed E-state index contributed by atoms with van der Waals surface area (Å²) in [6.45, 7) is 3.27. The van der Waals surface area contributed by atoms with Gasteiger partial charge in [0.15, 0.2) is 0 Å². The molecule has 1 heterocycles. The van der Waals surface area contributed by atoms with Crippen LogP contribution in [-0.4, -0.2) is 40.5 Å². The molecule has 3 nitrogen and oxygen atoms in total. The highest BCUT2D eigenvalue weighted by Gasteiger charge is 2.19. The van der Waals surface area contributed by atoms with Crippen LogP contribution in [0.1, 0.15) is 19.8 Å². The van der Waals surface area contributed by atoms with Crippen LogP contribution in [0, 0.1) is 0 Å². The monoisotopic (exact) mass is 145 g/mol. The van der Waals surface area contributed by atoms with Crippen molar-refractivity contribution in [2.24, 2.45) is 0 Å². The van der Waals surface area contributed by atoms with Crippen LogP contribution in [0.2, 0.25) is 0 Å². The van der Waals surface area contributed by atoms with Gasteiger partial charge in [0.2, 0.25) is 0 Å². The smallest absolute Gasteiger partial charge is 0.104 e. The molecule has 10 heavy (non-hydrogen) atoms. The summed E-state index contributed by atoms with van der Waals surface area (Å²) in [6, 6.07) is 0. The lowest BCUT2D eigenvalue weighted by Crippen LogP contribution is -2.43. The van der Waals surface area contributed by atoms with Crippen molar-refractivity contribution in [3.8, 4) is 0 Å². The van der Waals surface area contributed by atoms with E-state index in [9.17, 15) is 5.11 Å². The summed E-state index contributed by atoms with van der Waals surface area (Å²) in [6.07, 6.45) is 1.23. The summed E-state index contributed by atoms with van der Waals surface area (Å²) >= 11 is 0. The van der Waals surface area contributed by atoms with Crippen LogP contribution in [0.25, 0.3) is 0 Å². The standard InChI is InChI=1S/C7H15NO2/c1-6(9)8-4-2-3-7(10)5-8/h6-7,9-10H,2-5H2,1H3. The van der Waals surface area contributed by atoms with E-state index in [1.165, 1.54) is 0 Å². The molecule has 0 aromatic rings. The predicted octanol–water partition coefficient (Wildman–Crippen LogP) is -0.219. The SMILES string of the molecule is CC(O)N1CCCC(O)C1. The van der Waals surface area contributed by atoms with Crippen molar-refractivity contribution < 1.29 is 10.2 Å². The van der Waals surface area contributed by atoms with Crippen molar-refractivity contribution in [3.05, 3.63) is 0 Å². The van der Waals surface area contributed by atoms with Gasteiger partial charge in [-0.2, -0.15) is 0 Å². The van der Waals surface area contributed by atoms with Crippen LogP contribution in [0.15, 0.2) is 0 Å². The van der Waals surface area contributed by atoms with Crippen LogP contribution >= 0.6 is 0 Å². The van der Waals surface area contributed by atoms with E-state index >= 15 is 0 Å². The van der Waals surface area contributed by atoms with Gasteiger partial charge in [0.05, 0.1) is 6.10 Å². The van der Waals surface area contributed by atoms with Gasteiger partial charge in [0.1, 0.15) is 6.23 Å². The van der Waals surface area contributed by atoms with Gasteiger partial charge in [0, 0.05) is 13.1 Å². The Morgan fingerprint density at radius 1 is 1.60 bits per heavy atom. The van der Waals surface area contributed by atoms with Gasteiger partial charge in [-0.05, 0) is 19.8 Å². The lowest BCUT2D eigenvalue weighted by Gasteiger charge is -2.31. The molecule has 0 radical (unpaired) electrons. The number of hydrogen-bond donors (Lipinski definition) is 2. The van der Waals surface area contributed by atoms with Crippen LogP contribution in [0.4, 0.5) is 0 Å². The Bertz CT molecular complexity index is 106. The number of aliphatic hydroxyl groups excluding tert-OH is 2. The van der Waals surface area contributed by atoms with Crippen LogP contribution in [0.5, 0.6) is 0 Å². The molecule has 1 rings (SSSR count). The zero-order valence-corrected chi connectivity index (χ0v) is 6.32. The summed E-state index contributed by atoms with van der Waals surface area (Å²) in [5.41, 5.74) is 0. The molecule has 0 saturated carbocycles. The highest BCUT2D eigenvalue weighted by atomic mass is 16.3. The van der Waals surface area contributed by atoms with Crippen LogP contribution in [0.3, 0.4) is 0 Å². The Morgan fingerprint density at radius 2 is 2.30 bits per heavy atom. The van der Waals surface area contributed by atoms with Gasteiger partial charge >= 0.3 is 0 Å². The van der Waals surface area contributed by atoms with E-state index in [1.807, 2.05) is 4.90 Å². The van der Waals surface area contributed by atoms with Crippen molar-refractivity contribution in [3.63, 3.8) is 0 Å². The largest absolute Gasteiger partial charge is 0.392 e. The topological polar surface area (TPSA) is 43.7 Å². The van der Waals surface area contributed by atoms with Gasteiger partial charge < -0.3 is 10.2 Å². The molecule has 2 unspecified atom stereocenters. The minimum atomic E-state index is -0.407. The van der Waals surface area contributed by atoms with E-state index in [4.69, 9.17) is 5.11 Å². The number of piperidine rings is 1. The Hall–Kier alpha value is -0.120. The van der Waals surface area contributed by atoms with Gasteiger partial charge in [-0.3, -0.25) is 4.90 Å². The van der Waals surface area contributed by atoms with E-state index in [-0.39, 0.29) is 6.10 Å². The second-order valence-corrected chi connectivity index (χ2v) is 2.92. The van der Waals surface area contributed by atoms with Crippen LogP contribution < -0.4 is 0 Å². The molecular formula is C7H15NO2. The highest BCUT2D eigenvalue weighted by Crippen LogP contribution is 2.10. The molecule has 0 aliphatic carbocycles. The lowest BCUT2D eigenvalue weighted by atomic mass is 10.1. The second kappa shape index (κ2) is 3.32. The van der Waals surface area contributed by atoms with Crippen molar-refractivity contribution in [1.29, 1.82) is 0 Å². The maximum atomic E-state index is 9.18. The minimum Gasteiger partial charge on any atom is -0.392 e. The Kier molecular flexibility index (Phi) is 2.65. The third kappa shape index (κ3) is 1.94. The molecule has 1 fully saturated rings. The molecule has 2 atom stereocenters. The van der Waals surface area contributed by atoms with Gasteiger partial charge in [-0.25, -0.2) is 0 Å². The molecule has 1 aliphatic rings. The van der Waals surface area contributed by atoms with E-state index in [1.54, 1.807) is 6.92 Å². The predicted molar refractivity (Wildman–Crippen MR) is 38.5 cm³/mol. The summed E-state index contributed by atoms with van der Waals surface area (Å²) in [7, 11) is 0. The third-order valence-electron chi connectivity index (χ3n) is 1.96. The lowest BCUT2D eigenvalue weighted by molar-refractivity contribution is -0.0329. The second-order valence-electron chi connectivity index (χ2n) is 2.92. The Balaban J connectivity index is 2.32. The number of aliphatic hydroxyl groups is 2. The first kappa shape index (κ1) is 7.98. The quantitative estimate of drug-likeness (QED) is 0.536. The highest BCUT2D eigenvalue weighted by molar-refractivity contribution is 4.71. The zero-order valence-electron chi connectivity index (χ0n) is 6.32. The van der Waals surface area contributed by atoms with Crippen molar-refractivity contribution in [2.75, 3.05) is 13.1 Å². The average Bonchev–Trinajstić information content (AvgIpc) is 1.88. The number of rotatable bonds is 1. The number of likely N-dealkylation sites (tertiary alicyclic amines) is 1. The maximum Gasteiger partial charge on any atom is 0.104 e. The summed E-state index contributed by atoms with van der Waals surface area (Å²) in [4.78, 5) is 1.88. The third-order valence-corrected chi connectivity index (χ3v) is 1.96. The molecule has 0 spiro atoms. The van der Waals surface area contributed by atoms with E-state index in [0.717, 1.165) is 19.4 Å². The summed E-state index contributed by atoms with van der Waals surface area (Å²) < 4.78 is 0. The summed E-state index contributed by atoms with van der Waals surface area (Å²) in [5, 5.41) is 18.3. The Labute approximate surface area is 61.3 Å². The molecule has 60 valence electrons. The molecule has 0 aromatic heterocycles. The first-order chi connectivity index (χ1) is 4.70. The first-order valence-corrected chi connectivity index (χ1v) is 3.80. The number of nitrogens with zero attached hydrogens (tertiary/aromatic N) is 1. The molecule has 1 saturated heterocycles. The number of β-amino-alcohol motifs (C(OH)–C–C–N with tert-alkyl or cyclic N) is 1. The first-order valence-electron chi connectivity index (χ1n) is 3.80. The van der Waals surface area contributed by atoms with Crippen molar-refractivity contribution in [2.45, 2.75) is 32.1 Å². The zero-order chi connectivity index (χ0) is 7.56. The maximum absolute atomic E-state index is 9.18.